The van der Waals surface area contributed by atoms with Gasteiger partial charge in [-0.05, 0) is 47.9 Å². The highest BCUT2D eigenvalue weighted by molar-refractivity contribution is 6.31. The van der Waals surface area contributed by atoms with Crippen molar-refractivity contribution in [3.8, 4) is 0 Å². The summed E-state index contributed by atoms with van der Waals surface area (Å²) in [5.74, 6) is 0.257. The Balaban J connectivity index is 1.39. The van der Waals surface area contributed by atoms with Crippen LogP contribution in [0.1, 0.15) is 43.9 Å². The number of benzene rings is 1. The second-order valence-electron chi connectivity index (χ2n) is 8.72. The molecule has 0 spiro atoms. The van der Waals surface area contributed by atoms with Gasteiger partial charge in [0.2, 0.25) is 0 Å². The van der Waals surface area contributed by atoms with Crippen LogP contribution < -0.4 is 5.32 Å². The first-order valence-corrected chi connectivity index (χ1v) is 10.8. The van der Waals surface area contributed by atoms with Gasteiger partial charge in [0.1, 0.15) is 0 Å². The summed E-state index contributed by atoms with van der Waals surface area (Å²) >= 11 is 6.28. The van der Waals surface area contributed by atoms with E-state index in [-0.39, 0.29) is 11.9 Å². The number of aromatic nitrogens is 4. The van der Waals surface area contributed by atoms with E-state index in [1.54, 1.807) is 18.6 Å². The van der Waals surface area contributed by atoms with Gasteiger partial charge in [-0.1, -0.05) is 25.4 Å². The fourth-order valence-corrected chi connectivity index (χ4v) is 4.66. The third-order valence-electron chi connectivity index (χ3n) is 6.47. The predicted octanol–water partition coefficient (Wildman–Crippen LogP) is 3.69. The quantitative estimate of drug-likeness (QED) is 0.558. The number of hydrogen-bond acceptors (Lipinski definition) is 5. The van der Waals surface area contributed by atoms with Crippen LogP contribution in [0.15, 0.2) is 36.8 Å². The zero-order chi connectivity index (χ0) is 22.0. The molecule has 8 nitrogen and oxygen atoms in total. The van der Waals surface area contributed by atoms with Crippen LogP contribution in [0, 0.1) is 11.3 Å². The lowest BCUT2D eigenvalue weighted by atomic mass is 9.68. The minimum atomic E-state index is -0.710. The maximum absolute atomic E-state index is 12.5. The third kappa shape index (κ3) is 4.50. The largest absolute Gasteiger partial charge is 0.388 e. The van der Waals surface area contributed by atoms with Crippen molar-refractivity contribution in [3.05, 3.63) is 52.9 Å². The number of aromatic amines is 1. The van der Waals surface area contributed by atoms with Crippen LogP contribution in [0.4, 0.5) is 4.79 Å². The van der Waals surface area contributed by atoms with Gasteiger partial charge in [0.05, 0.1) is 24.0 Å². The summed E-state index contributed by atoms with van der Waals surface area (Å²) in [6.07, 6.45) is 5.89. The van der Waals surface area contributed by atoms with E-state index >= 15 is 0 Å². The summed E-state index contributed by atoms with van der Waals surface area (Å²) in [5, 5.41) is 30.4. The summed E-state index contributed by atoms with van der Waals surface area (Å²) in [7, 11) is 0. The smallest absolute Gasteiger partial charge is 0.317 e. The van der Waals surface area contributed by atoms with Crippen molar-refractivity contribution in [3.63, 3.8) is 0 Å². The van der Waals surface area contributed by atoms with Crippen molar-refractivity contribution in [2.75, 3.05) is 13.1 Å². The number of fused-ring (bicyclic) bond motifs is 1. The minimum absolute atomic E-state index is 0.0809. The Morgan fingerprint density at radius 2 is 2.10 bits per heavy atom. The van der Waals surface area contributed by atoms with Crippen molar-refractivity contribution in [1.82, 2.24) is 30.6 Å². The molecule has 1 saturated heterocycles. The van der Waals surface area contributed by atoms with Crippen LogP contribution >= 0.6 is 11.6 Å². The van der Waals surface area contributed by atoms with Crippen molar-refractivity contribution in [2.24, 2.45) is 11.3 Å². The highest BCUT2D eigenvalue weighted by Gasteiger charge is 2.40. The average Bonchev–Trinajstić information content (AvgIpc) is 3.25. The van der Waals surface area contributed by atoms with Gasteiger partial charge < -0.3 is 15.3 Å². The first kappa shape index (κ1) is 21.5. The van der Waals surface area contributed by atoms with Crippen LogP contribution in [0.2, 0.25) is 5.02 Å². The fraction of sp³-hybridized carbons (Fsp3) is 0.455. The third-order valence-corrected chi connectivity index (χ3v) is 6.69. The number of aliphatic hydroxyl groups excluding tert-OH is 1. The van der Waals surface area contributed by atoms with E-state index in [1.165, 1.54) is 0 Å². The Kier molecular flexibility index (Phi) is 6.11. The zero-order valence-corrected chi connectivity index (χ0v) is 18.4. The summed E-state index contributed by atoms with van der Waals surface area (Å²) in [6.45, 7) is 5.88. The average molecular weight is 443 g/mol. The standard InChI is InChI=1S/C22H27ClN6O2/c1-22(2,20(30)18-10-17(23)9-15-13-27-28-19(15)18)16-4-7-29(8-5-16)21(31)24-11-14-3-6-25-26-12-14/h3,6,9-10,12-13,16,20,30H,4-5,7-8,11H2,1-2H3,(H,24,31)(H,27,28)/t20-/m1/s1. The monoisotopic (exact) mass is 442 g/mol. The normalized spacial score (nSPS) is 16.5. The molecular weight excluding hydrogens is 416 g/mol. The van der Waals surface area contributed by atoms with Crippen LogP contribution in [0.25, 0.3) is 10.9 Å². The van der Waals surface area contributed by atoms with Gasteiger partial charge in [-0.15, -0.1) is 0 Å². The molecule has 4 rings (SSSR count). The molecule has 0 bridgehead atoms. The SMILES string of the molecule is CC(C)(C1CCN(C(=O)NCc2ccnnc2)CC1)[C@H](O)c1cc(Cl)cc2cn[nH]c12. The molecule has 1 aromatic carbocycles. The van der Waals surface area contributed by atoms with Gasteiger partial charge in [0, 0.05) is 41.8 Å². The molecule has 1 aliphatic rings. The van der Waals surface area contributed by atoms with E-state index in [0.29, 0.717) is 24.7 Å². The van der Waals surface area contributed by atoms with Gasteiger partial charge in [-0.3, -0.25) is 5.10 Å². The molecule has 1 atom stereocenters. The zero-order valence-electron chi connectivity index (χ0n) is 17.7. The first-order chi connectivity index (χ1) is 14.9. The molecule has 0 aliphatic carbocycles. The summed E-state index contributed by atoms with van der Waals surface area (Å²) in [6, 6.07) is 5.39. The molecule has 3 aromatic rings. The number of aliphatic hydroxyl groups is 1. The molecule has 2 aromatic heterocycles. The lowest BCUT2D eigenvalue weighted by Gasteiger charge is -2.43. The van der Waals surface area contributed by atoms with Gasteiger partial charge in [0.25, 0.3) is 0 Å². The number of hydrogen-bond donors (Lipinski definition) is 3. The number of likely N-dealkylation sites (tertiary alicyclic amines) is 1. The van der Waals surface area contributed by atoms with E-state index in [0.717, 1.165) is 34.9 Å². The van der Waals surface area contributed by atoms with E-state index in [1.807, 2.05) is 23.1 Å². The van der Waals surface area contributed by atoms with Crippen molar-refractivity contribution < 1.29 is 9.90 Å². The maximum atomic E-state index is 12.5. The number of halogens is 1. The topological polar surface area (TPSA) is 107 Å². The lowest BCUT2D eigenvalue weighted by Crippen LogP contribution is -2.47. The minimum Gasteiger partial charge on any atom is -0.388 e. The highest BCUT2D eigenvalue weighted by Crippen LogP contribution is 2.46. The highest BCUT2D eigenvalue weighted by atomic mass is 35.5. The number of carbonyl (C=O) groups excluding carboxylic acids is 1. The van der Waals surface area contributed by atoms with Gasteiger partial charge in [0.15, 0.2) is 0 Å². The predicted molar refractivity (Wildman–Crippen MR) is 118 cm³/mol. The number of piperidine rings is 1. The maximum Gasteiger partial charge on any atom is 0.317 e. The number of nitrogens with one attached hydrogen (secondary N) is 2. The van der Waals surface area contributed by atoms with Crippen LogP contribution in [0.3, 0.4) is 0 Å². The number of rotatable bonds is 5. The lowest BCUT2D eigenvalue weighted by molar-refractivity contribution is -0.0143. The Morgan fingerprint density at radius 3 is 2.81 bits per heavy atom. The van der Waals surface area contributed by atoms with Gasteiger partial charge in [-0.25, -0.2) is 4.79 Å². The molecular formula is C22H27ClN6O2. The summed E-state index contributed by atoms with van der Waals surface area (Å²) < 4.78 is 0. The second kappa shape index (κ2) is 8.80. The molecule has 9 heteroatoms. The van der Waals surface area contributed by atoms with Crippen molar-refractivity contribution in [1.29, 1.82) is 0 Å². The molecule has 1 fully saturated rings. The second-order valence-corrected chi connectivity index (χ2v) is 9.16. The van der Waals surface area contributed by atoms with Gasteiger partial charge >= 0.3 is 6.03 Å². The fourth-order valence-electron chi connectivity index (χ4n) is 4.43. The molecule has 1 aliphatic heterocycles. The molecule has 0 radical (unpaired) electrons. The number of H-pyrrole nitrogens is 1. The Bertz CT molecular complexity index is 1050. The Hall–Kier alpha value is -2.71. The van der Waals surface area contributed by atoms with E-state index < -0.39 is 11.5 Å². The molecule has 31 heavy (non-hydrogen) atoms. The Morgan fingerprint density at radius 1 is 1.32 bits per heavy atom. The molecule has 3 N–H and O–H groups in total. The molecule has 3 heterocycles. The molecule has 0 saturated carbocycles. The van der Waals surface area contributed by atoms with Crippen LogP contribution in [-0.4, -0.2) is 49.5 Å². The summed E-state index contributed by atoms with van der Waals surface area (Å²) in [4.78, 5) is 14.4. The van der Waals surface area contributed by atoms with Crippen LogP contribution in [-0.2, 0) is 6.54 Å². The number of nitrogens with zero attached hydrogens (tertiary/aromatic N) is 4. The first-order valence-electron chi connectivity index (χ1n) is 10.4. The number of urea groups is 1. The number of amides is 2. The molecule has 164 valence electrons. The number of carbonyl (C=O) groups is 1. The van der Waals surface area contributed by atoms with Gasteiger partial charge in [-0.2, -0.15) is 15.3 Å². The van der Waals surface area contributed by atoms with E-state index in [9.17, 15) is 9.90 Å². The molecule has 0 unspecified atom stereocenters. The Labute approximate surface area is 186 Å². The van der Waals surface area contributed by atoms with Crippen LogP contribution in [0.5, 0.6) is 0 Å². The van der Waals surface area contributed by atoms with E-state index in [4.69, 9.17) is 11.6 Å². The van der Waals surface area contributed by atoms with Crippen molar-refractivity contribution in [2.45, 2.75) is 39.3 Å². The summed E-state index contributed by atoms with van der Waals surface area (Å²) in [5.41, 5.74) is 2.09. The van der Waals surface area contributed by atoms with E-state index in [2.05, 4.69) is 39.6 Å². The van der Waals surface area contributed by atoms with Crippen molar-refractivity contribution >= 4 is 28.5 Å². The molecule has 2 amide bonds.